The third-order valence-corrected chi connectivity index (χ3v) is 2.99. The molecular formula is C8H4BrF2IN2. The molecule has 0 N–H and O–H groups in total. The lowest BCUT2D eigenvalue weighted by atomic mass is 10.2. The van der Waals surface area contributed by atoms with Crippen LogP contribution in [0.3, 0.4) is 0 Å². The van der Waals surface area contributed by atoms with Crippen LogP contribution in [0.15, 0.2) is 6.07 Å². The van der Waals surface area contributed by atoms with Gasteiger partial charge in [0.25, 0.3) is 6.43 Å². The number of alkyl halides is 3. The van der Waals surface area contributed by atoms with Crippen molar-refractivity contribution in [1.29, 1.82) is 5.26 Å². The number of pyridine rings is 1. The predicted molar refractivity (Wildman–Crippen MR) is 59.3 cm³/mol. The van der Waals surface area contributed by atoms with Gasteiger partial charge in [0.15, 0.2) is 0 Å². The van der Waals surface area contributed by atoms with Gasteiger partial charge in [0.1, 0.15) is 15.5 Å². The molecule has 6 heteroatoms. The summed E-state index contributed by atoms with van der Waals surface area (Å²) in [7, 11) is 0. The van der Waals surface area contributed by atoms with Gasteiger partial charge in [0, 0.05) is 5.33 Å². The quantitative estimate of drug-likeness (QED) is 0.453. The number of rotatable bonds is 2. The zero-order valence-corrected chi connectivity index (χ0v) is 10.5. The van der Waals surface area contributed by atoms with Crippen molar-refractivity contribution in [3.8, 4) is 6.07 Å². The van der Waals surface area contributed by atoms with E-state index in [1.807, 2.05) is 6.07 Å². The number of halogens is 4. The summed E-state index contributed by atoms with van der Waals surface area (Å²) in [4.78, 5) is 3.70. The van der Waals surface area contributed by atoms with E-state index in [4.69, 9.17) is 5.26 Å². The first-order chi connectivity index (χ1) is 6.60. The van der Waals surface area contributed by atoms with E-state index in [2.05, 4.69) is 20.9 Å². The summed E-state index contributed by atoms with van der Waals surface area (Å²) in [6, 6.07) is 3.34. The van der Waals surface area contributed by atoms with Crippen LogP contribution in [-0.2, 0) is 5.33 Å². The van der Waals surface area contributed by atoms with Gasteiger partial charge >= 0.3 is 0 Å². The van der Waals surface area contributed by atoms with Crippen molar-refractivity contribution in [2.45, 2.75) is 11.8 Å². The van der Waals surface area contributed by atoms with Crippen LogP contribution in [0.5, 0.6) is 0 Å². The van der Waals surface area contributed by atoms with E-state index in [1.165, 1.54) is 6.07 Å². The fourth-order valence-corrected chi connectivity index (χ4v) is 1.91. The molecule has 1 aromatic rings. The van der Waals surface area contributed by atoms with Crippen molar-refractivity contribution in [1.82, 2.24) is 4.98 Å². The topological polar surface area (TPSA) is 36.7 Å². The fraction of sp³-hybridized carbons (Fsp3) is 0.250. The van der Waals surface area contributed by atoms with Crippen molar-refractivity contribution < 1.29 is 8.78 Å². The summed E-state index contributed by atoms with van der Waals surface area (Å²) >= 11 is 4.85. The van der Waals surface area contributed by atoms with Crippen molar-refractivity contribution in [2.75, 3.05) is 0 Å². The molecule has 0 atom stereocenters. The molecule has 0 aromatic carbocycles. The molecule has 0 aliphatic heterocycles. The van der Waals surface area contributed by atoms with Gasteiger partial charge in [-0.3, -0.25) is 0 Å². The first-order valence-corrected chi connectivity index (χ1v) is 5.73. The third-order valence-electron chi connectivity index (χ3n) is 1.56. The molecule has 0 saturated heterocycles. The van der Waals surface area contributed by atoms with Crippen LogP contribution in [0.25, 0.3) is 0 Å². The maximum atomic E-state index is 12.5. The third kappa shape index (κ3) is 2.39. The maximum Gasteiger partial charge on any atom is 0.280 e. The monoisotopic (exact) mass is 372 g/mol. The van der Waals surface area contributed by atoms with Gasteiger partial charge in [-0.1, -0.05) is 15.9 Å². The van der Waals surface area contributed by atoms with Crippen molar-refractivity contribution in [3.05, 3.63) is 26.6 Å². The van der Waals surface area contributed by atoms with Gasteiger partial charge < -0.3 is 0 Å². The van der Waals surface area contributed by atoms with E-state index in [-0.39, 0.29) is 11.0 Å². The molecule has 0 spiro atoms. The molecule has 0 unspecified atom stereocenters. The van der Waals surface area contributed by atoms with Crippen LogP contribution in [0.4, 0.5) is 8.78 Å². The Labute approximate surface area is 102 Å². The Morgan fingerprint density at radius 2 is 2.29 bits per heavy atom. The summed E-state index contributed by atoms with van der Waals surface area (Å²) in [6.07, 6.45) is -2.61. The molecule has 0 saturated carbocycles. The second kappa shape index (κ2) is 4.98. The summed E-state index contributed by atoms with van der Waals surface area (Å²) in [5.74, 6) is 0. The second-order valence-electron chi connectivity index (χ2n) is 2.42. The van der Waals surface area contributed by atoms with Gasteiger partial charge in [0.2, 0.25) is 0 Å². The van der Waals surface area contributed by atoms with Crippen LogP contribution in [-0.4, -0.2) is 4.98 Å². The highest BCUT2D eigenvalue weighted by Crippen LogP contribution is 2.25. The largest absolute Gasteiger partial charge is 0.280 e. The Bertz CT molecular complexity index is 390. The lowest BCUT2D eigenvalue weighted by Crippen LogP contribution is -2.01. The normalized spacial score (nSPS) is 10.3. The zero-order chi connectivity index (χ0) is 10.7. The van der Waals surface area contributed by atoms with Crippen LogP contribution in [0, 0.1) is 15.0 Å². The van der Waals surface area contributed by atoms with E-state index in [0.29, 0.717) is 14.8 Å². The molecule has 0 aliphatic rings. The van der Waals surface area contributed by atoms with Crippen LogP contribution >= 0.6 is 38.5 Å². The average Bonchev–Trinajstić information content (AvgIpc) is 2.17. The molecule has 74 valence electrons. The number of hydrogen-bond acceptors (Lipinski definition) is 2. The number of hydrogen-bond donors (Lipinski definition) is 0. The number of aromatic nitrogens is 1. The highest BCUT2D eigenvalue weighted by molar-refractivity contribution is 14.1. The Morgan fingerprint density at radius 1 is 1.64 bits per heavy atom. The van der Waals surface area contributed by atoms with Crippen LogP contribution < -0.4 is 0 Å². The van der Waals surface area contributed by atoms with Gasteiger partial charge in [-0.25, -0.2) is 13.8 Å². The highest BCUT2D eigenvalue weighted by atomic mass is 127. The van der Waals surface area contributed by atoms with Gasteiger partial charge in [0.05, 0.1) is 5.56 Å². The predicted octanol–water partition coefficient (Wildman–Crippen LogP) is 3.39. The van der Waals surface area contributed by atoms with Crippen LogP contribution in [0.2, 0.25) is 0 Å². The molecule has 14 heavy (non-hydrogen) atoms. The van der Waals surface area contributed by atoms with Gasteiger partial charge in [-0.15, -0.1) is 0 Å². The highest BCUT2D eigenvalue weighted by Gasteiger charge is 2.16. The van der Waals surface area contributed by atoms with E-state index in [1.54, 1.807) is 22.6 Å². The minimum absolute atomic E-state index is 0.259. The molecule has 1 aromatic heterocycles. The Morgan fingerprint density at radius 3 is 2.71 bits per heavy atom. The van der Waals surface area contributed by atoms with E-state index < -0.39 is 6.43 Å². The van der Waals surface area contributed by atoms with E-state index in [9.17, 15) is 8.78 Å². The maximum absolute atomic E-state index is 12.5. The van der Waals surface area contributed by atoms with Crippen molar-refractivity contribution in [3.63, 3.8) is 0 Å². The first kappa shape index (κ1) is 11.8. The molecule has 2 nitrogen and oxygen atoms in total. The van der Waals surface area contributed by atoms with Crippen molar-refractivity contribution >= 4 is 38.5 Å². The van der Waals surface area contributed by atoms with Crippen molar-refractivity contribution in [2.24, 2.45) is 0 Å². The van der Waals surface area contributed by atoms with Gasteiger partial charge in [-0.2, -0.15) is 5.26 Å². The minimum atomic E-state index is -2.61. The fourth-order valence-electron chi connectivity index (χ4n) is 0.920. The van der Waals surface area contributed by atoms with Crippen LogP contribution in [0.1, 0.15) is 23.2 Å². The SMILES string of the molecule is N#Cc1cc(CBr)c(C(F)F)nc1I. The Balaban J connectivity index is 3.33. The molecule has 0 radical (unpaired) electrons. The Kier molecular flexibility index (Phi) is 4.19. The number of nitriles is 1. The summed E-state index contributed by atoms with van der Waals surface area (Å²) in [5.41, 5.74) is 0.423. The lowest BCUT2D eigenvalue weighted by molar-refractivity contribution is 0.145. The second-order valence-corrected chi connectivity index (χ2v) is 4.00. The van der Waals surface area contributed by atoms with Gasteiger partial charge in [-0.05, 0) is 34.2 Å². The molecule has 0 aliphatic carbocycles. The molecular weight excluding hydrogens is 369 g/mol. The average molecular weight is 373 g/mol. The Hall–Kier alpha value is -0.290. The zero-order valence-electron chi connectivity index (χ0n) is 6.77. The lowest BCUT2D eigenvalue weighted by Gasteiger charge is -2.06. The molecule has 0 bridgehead atoms. The molecule has 0 fully saturated rings. The number of nitrogens with zero attached hydrogens (tertiary/aromatic N) is 2. The summed E-state index contributed by atoms with van der Waals surface area (Å²) < 4.78 is 25.2. The standard InChI is InChI=1S/C8H4BrF2IN2/c9-2-4-1-5(3-13)8(12)14-6(4)7(10)11/h1,7H,2H2. The minimum Gasteiger partial charge on any atom is -0.239 e. The molecule has 1 rings (SSSR count). The first-order valence-electron chi connectivity index (χ1n) is 3.53. The summed E-state index contributed by atoms with van der Waals surface area (Å²) in [5, 5.41) is 8.94. The smallest absolute Gasteiger partial charge is 0.239 e. The summed E-state index contributed by atoms with van der Waals surface area (Å²) in [6.45, 7) is 0. The van der Waals surface area contributed by atoms with E-state index >= 15 is 0 Å². The molecule has 0 amide bonds. The van der Waals surface area contributed by atoms with E-state index in [0.717, 1.165) is 0 Å². The molecule has 1 heterocycles.